The third-order valence-corrected chi connectivity index (χ3v) is 9.88. The van der Waals surface area contributed by atoms with Crippen LogP contribution in [0.5, 0.6) is 0 Å². The van der Waals surface area contributed by atoms with Crippen molar-refractivity contribution in [3.8, 4) is 0 Å². The largest absolute Gasteiger partial charge is 0.451 e. The van der Waals surface area contributed by atoms with Gasteiger partial charge in [-0.1, -0.05) is 122 Å². The first kappa shape index (κ1) is 37.4. The highest BCUT2D eigenvalue weighted by atomic mass is 16.6. The summed E-state index contributed by atoms with van der Waals surface area (Å²) in [6, 6.07) is 32.8. The van der Waals surface area contributed by atoms with Gasteiger partial charge in [-0.25, -0.2) is 9.78 Å². The van der Waals surface area contributed by atoms with Gasteiger partial charge in [0.05, 0.1) is 18.5 Å². The van der Waals surface area contributed by atoms with Crippen LogP contribution in [0.2, 0.25) is 0 Å². The Morgan fingerprint density at radius 2 is 1.42 bits per heavy atom. The van der Waals surface area contributed by atoms with Gasteiger partial charge in [0.25, 0.3) is 5.56 Å². The second-order valence-electron chi connectivity index (χ2n) is 14.3. The molecule has 0 bridgehead atoms. The SMILES string of the molecule is Cc1ccc(C(OC[C@H]2O[C@@H](n3cnc4c(=O)[nH]c(NC(=O)C(C)C)nc43)C(OC(=O)c3ccccc3)[C@H]2O)(c2ccc(C)cc2)c2ccc(C)cc2)cc1. The number of imidazole rings is 1. The summed E-state index contributed by atoms with van der Waals surface area (Å²) in [6.45, 7) is 9.34. The molecule has 1 saturated heterocycles. The van der Waals surface area contributed by atoms with Crippen LogP contribution in [-0.2, 0) is 24.6 Å². The molecule has 12 nitrogen and oxygen atoms in total. The lowest BCUT2D eigenvalue weighted by atomic mass is 9.79. The third-order valence-electron chi connectivity index (χ3n) is 9.88. The van der Waals surface area contributed by atoms with E-state index in [4.69, 9.17) is 14.2 Å². The second-order valence-corrected chi connectivity index (χ2v) is 14.3. The fourth-order valence-electron chi connectivity index (χ4n) is 6.73. The van der Waals surface area contributed by atoms with Crippen LogP contribution in [0.3, 0.4) is 0 Å². The molecule has 1 amide bonds. The Kier molecular flexibility index (Phi) is 10.5. The van der Waals surface area contributed by atoms with Crippen molar-refractivity contribution in [2.75, 3.05) is 11.9 Å². The molecule has 0 radical (unpaired) electrons. The quantitative estimate of drug-likeness (QED) is 0.105. The topological polar surface area (TPSA) is 158 Å². The van der Waals surface area contributed by atoms with E-state index >= 15 is 0 Å². The van der Waals surface area contributed by atoms with Crippen LogP contribution >= 0.6 is 0 Å². The first-order chi connectivity index (χ1) is 26.4. The smallest absolute Gasteiger partial charge is 0.338 e. The number of amides is 1. The number of anilines is 1. The number of nitrogens with one attached hydrogen (secondary N) is 2. The lowest BCUT2D eigenvalue weighted by Crippen LogP contribution is -2.40. The van der Waals surface area contributed by atoms with Gasteiger partial charge >= 0.3 is 5.97 Å². The molecule has 0 saturated carbocycles. The van der Waals surface area contributed by atoms with Crippen LogP contribution in [0.4, 0.5) is 5.95 Å². The van der Waals surface area contributed by atoms with Gasteiger partial charge in [-0.2, -0.15) is 4.98 Å². The number of benzene rings is 4. The van der Waals surface area contributed by atoms with Crippen molar-refractivity contribution < 1.29 is 28.9 Å². The fraction of sp³-hybridized carbons (Fsp3) is 0.279. The molecule has 1 aliphatic rings. The van der Waals surface area contributed by atoms with Crippen LogP contribution in [0.1, 0.15) is 63.8 Å². The summed E-state index contributed by atoms with van der Waals surface area (Å²) in [4.78, 5) is 50.5. The van der Waals surface area contributed by atoms with Crippen LogP contribution in [0, 0.1) is 26.7 Å². The Hall–Kier alpha value is -5.95. The maximum Gasteiger partial charge on any atom is 0.338 e. The van der Waals surface area contributed by atoms with Gasteiger partial charge in [0, 0.05) is 5.92 Å². The van der Waals surface area contributed by atoms with E-state index in [1.54, 1.807) is 44.2 Å². The summed E-state index contributed by atoms with van der Waals surface area (Å²) in [6.07, 6.45) is -3.60. The number of ether oxygens (including phenoxy) is 3. The molecule has 4 atom stereocenters. The average Bonchev–Trinajstić information content (AvgIpc) is 3.74. The molecule has 0 spiro atoms. The minimum Gasteiger partial charge on any atom is -0.451 e. The summed E-state index contributed by atoms with van der Waals surface area (Å²) in [5.74, 6) is -1.51. The number of esters is 1. The van der Waals surface area contributed by atoms with E-state index in [9.17, 15) is 19.5 Å². The van der Waals surface area contributed by atoms with Crippen LogP contribution in [0.15, 0.2) is 114 Å². The number of aromatic amines is 1. The molecule has 1 fully saturated rings. The van der Waals surface area contributed by atoms with Crippen molar-refractivity contribution in [2.45, 2.75) is 64.8 Å². The highest BCUT2D eigenvalue weighted by Gasteiger charge is 2.50. The molecule has 55 heavy (non-hydrogen) atoms. The molecule has 0 aliphatic carbocycles. The van der Waals surface area contributed by atoms with E-state index in [0.717, 1.165) is 33.4 Å². The number of aliphatic hydroxyl groups excluding tert-OH is 1. The van der Waals surface area contributed by atoms with Crippen molar-refractivity contribution in [1.82, 2.24) is 19.5 Å². The molecular formula is C43H43N5O7. The summed E-state index contributed by atoms with van der Waals surface area (Å²) in [5, 5.41) is 14.6. The summed E-state index contributed by atoms with van der Waals surface area (Å²) in [5.41, 5.74) is 4.37. The Bertz CT molecular complexity index is 2240. The van der Waals surface area contributed by atoms with E-state index < -0.39 is 41.7 Å². The molecule has 4 aromatic carbocycles. The monoisotopic (exact) mass is 741 g/mol. The normalized spacial score (nSPS) is 18.5. The van der Waals surface area contributed by atoms with E-state index in [-0.39, 0.29) is 41.1 Å². The number of aliphatic hydroxyl groups is 1. The van der Waals surface area contributed by atoms with Gasteiger partial charge in [0.15, 0.2) is 23.5 Å². The van der Waals surface area contributed by atoms with Crippen LogP contribution in [0.25, 0.3) is 11.2 Å². The predicted octanol–water partition coefficient (Wildman–Crippen LogP) is 6.13. The number of carbonyl (C=O) groups is 2. The van der Waals surface area contributed by atoms with Gasteiger partial charge < -0.3 is 19.3 Å². The average molecular weight is 742 g/mol. The summed E-state index contributed by atoms with van der Waals surface area (Å²) in [7, 11) is 0. The molecule has 3 N–H and O–H groups in total. The van der Waals surface area contributed by atoms with Crippen molar-refractivity contribution in [2.24, 2.45) is 5.92 Å². The molecule has 3 heterocycles. The zero-order valence-corrected chi connectivity index (χ0v) is 31.2. The molecule has 6 aromatic rings. The van der Waals surface area contributed by atoms with Crippen molar-refractivity contribution in [3.63, 3.8) is 0 Å². The second kappa shape index (κ2) is 15.4. The fourth-order valence-corrected chi connectivity index (χ4v) is 6.73. The first-order valence-electron chi connectivity index (χ1n) is 18.2. The van der Waals surface area contributed by atoms with E-state index in [2.05, 4.69) is 20.3 Å². The van der Waals surface area contributed by atoms with Gasteiger partial charge in [-0.15, -0.1) is 0 Å². The minimum absolute atomic E-state index is 0.0365. The van der Waals surface area contributed by atoms with Gasteiger partial charge in [0.2, 0.25) is 11.9 Å². The molecular weight excluding hydrogens is 699 g/mol. The van der Waals surface area contributed by atoms with Gasteiger partial charge in [0.1, 0.15) is 17.8 Å². The van der Waals surface area contributed by atoms with Gasteiger partial charge in [-0.05, 0) is 49.6 Å². The van der Waals surface area contributed by atoms with E-state index in [1.165, 1.54) is 10.9 Å². The Balaban J connectivity index is 1.30. The number of aryl methyl sites for hydroxylation is 3. The molecule has 2 aromatic heterocycles. The standard InChI is InChI=1S/C43H43N5O7/c1-25(2)38(50)46-42-45-37-34(39(51)47-42)44-24-48(37)40-36(55-41(52)29-9-7-6-8-10-29)35(49)33(54-40)23-53-43(30-17-11-26(3)12-18-30,31-19-13-27(4)14-20-31)32-21-15-28(5)16-22-32/h6-22,24-25,33,35-36,40,49H,23H2,1-5H3,(H2,45,46,47,50,51)/t33-,35+,36?,40-/m1/s1. The number of hydrogen-bond acceptors (Lipinski definition) is 9. The maximum atomic E-state index is 13.5. The zero-order chi connectivity index (χ0) is 38.9. The van der Waals surface area contributed by atoms with E-state index in [1.807, 2.05) is 93.6 Å². The van der Waals surface area contributed by atoms with Crippen molar-refractivity contribution in [3.05, 3.63) is 159 Å². The zero-order valence-electron chi connectivity index (χ0n) is 31.2. The predicted molar refractivity (Wildman–Crippen MR) is 207 cm³/mol. The van der Waals surface area contributed by atoms with Crippen LogP contribution in [-0.4, -0.2) is 61.4 Å². The number of fused-ring (bicyclic) bond motifs is 1. The number of hydrogen-bond donors (Lipinski definition) is 3. The lowest BCUT2D eigenvalue weighted by molar-refractivity contribution is -0.118. The Morgan fingerprint density at radius 1 is 0.873 bits per heavy atom. The molecule has 1 aliphatic heterocycles. The van der Waals surface area contributed by atoms with Gasteiger partial charge in [-0.3, -0.25) is 24.5 Å². The Labute approximate surface area is 318 Å². The summed E-state index contributed by atoms with van der Waals surface area (Å²) < 4.78 is 21.1. The van der Waals surface area contributed by atoms with Crippen LogP contribution < -0.4 is 10.9 Å². The molecule has 12 heteroatoms. The van der Waals surface area contributed by atoms with Crippen molar-refractivity contribution in [1.29, 1.82) is 0 Å². The molecule has 7 rings (SSSR count). The number of carbonyl (C=O) groups excluding carboxylic acids is 2. The van der Waals surface area contributed by atoms with E-state index in [0.29, 0.717) is 0 Å². The number of rotatable bonds is 11. The number of nitrogens with zero attached hydrogens (tertiary/aromatic N) is 3. The molecule has 282 valence electrons. The highest BCUT2D eigenvalue weighted by Crippen LogP contribution is 2.43. The number of H-pyrrole nitrogens is 1. The lowest BCUT2D eigenvalue weighted by Gasteiger charge is -2.37. The summed E-state index contributed by atoms with van der Waals surface area (Å²) >= 11 is 0. The number of aromatic nitrogens is 4. The minimum atomic E-state index is -1.40. The highest BCUT2D eigenvalue weighted by molar-refractivity contribution is 5.91. The Morgan fingerprint density at radius 3 is 1.95 bits per heavy atom. The third kappa shape index (κ3) is 7.44. The first-order valence-corrected chi connectivity index (χ1v) is 18.2. The molecule has 1 unspecified atom stereocenters. The van der Waals surface area contributed by atoms with Crippen molar-refractivity contribution >= 4 is 29.0 Å². The maximum absolute atomic E-state index is 13.5.